The first-order chi connectivity index (χ1) is 17.9. The van der Waals surface area contributed by atoms with Crippen LogP contribution >= 0.6 is 0 Å². The SMILES string of the molecule is CC(C)(C)C(=O)Nc1cncc(-c2ccc3[nH]nc(-c4cc5c(N6CCCCC6)cccc5[nH]4)c3n2)c1. The minimum atomic E-state index is -0.494. The van der Waals surface area contributed by atoms with E-state index in [0.29, 0.717) is 5.69 Å². The minimum Gasteiger partial charge on any atom is -0.371 e. The normalized spacial score (nSPS) is 14.4. The van der Waals surface area contributed by atoms with Crippen molar-refractivity contribution in [2.45, 2.75) is 40.0 Å². The van der Waals surface area contributed by atoms with Gasteiger partial charge in [-0.05, 0) is 55.7 Å². The quantitative estimate of drug-likeness (QED) is 0.279. The fraction of sp³-hybridized carbons (Fsp3) is 0.310. The highest BCUT2D eigenvalue weighted by molar-refractivity contribution is 5.99. The molecule has 1 aromatic carbocycles. The summed E-state index contributed by atoms with van der Waals surface area (Å²) in [7, 11) is 0. The maximum absolute atomic E-state index is 12.4. The summed E-state index contributed by atoms with van der Waals surface area (Å²) in [6.07, 6.45) is 7.19. The maximum Gasteiger partial charge on any atom is 0.229 e. The van der Waals surface area contributed by atoms with Gasteiger partial charge in [-0.1, -0.05) is 26.8 Å². The van der Waals surface area contributed by atoms with E-state index in [1.165, 1.54) is 30.3 Å². The molecule has 8 heteroatoms. The van der Waals surface area contributed by atoms with Gasteiger partial charge in [0.15, 0.2) is 0 Å². The molecule has 0 aliphatic carbocycles. The van der Waals surface area contributed by atoms with Gasteiger partial charge in [0.2, 0.25) is 5.91 Å². The third-order valence-corrected chi connectivity index (χ3v) is 6.97. The number of benzene rings is 1. The molecule has 1 aliphatic rings. The lowest BCUT2D eigenvalue weighted by Crippen LogP contribution is -2.29. The van der Waals surface area contributed by atoms with Gasteiger partial charge in [0.25, 0.3) is 0 Å². The average molecular weight is 494 g/mol. The monoisotopic (exact) mass is 493 g/mol. The number of pyridine rings is 2. The lowest BCUT2D eigenvalue weighted by Gasteiger charge is -2.29. The van der Waals surface area contributed by atoms with Crippen molar-refractivity contribution < 1.29 is 4.79 Å². The first kappa shape index (κ1) is 23.2. The number of carbonyl (C=O) groups is 1. The second-order valence-corrected chi connectivity index (χ2v) is 10.8. The zero-order chi connectivity index (χ0) is 25.6. The molecule has 4 aromatic heterocycles. The van der Waals surface area contributed by atoms with Gasteiger partial charge in [0, 0.05) is 46.9 Å². The Labute approximate surface area is 215 Å². The van der Waals surface area contributed by atoms with Gasteiger partial charge >= 0.3 is 0 Å². The summed E-state index contributed by atoms with van der Waals surface area (Å²) in [5.74, 6) is -0.0604. The van der Waals surface area contributed by atoms with Crippen LogP contribution in [-0.4, -0.2) is 44.1 Å². The summed E-state index contributed by atoms with van der Waals surface area (Å²) in [5, 5.41) is 11.9. The van der Waals surface area contributed by atoms with E-state index < -0.39 is 5.41 Å². The molecular weight excluding hydrogens is 462 g/mol. The molecule has 1 saturated heterocycles. The summed E-state index contributed by atoms with van der Waals surface area (Å²) in [4.78, 5) is 27.8. The van der Waals surface area contributed by atoms with Crippen LogP contribution in [0.15, 0.2) is 54.9 Å². The molecule has 1 fully saturated rings. The van der Waals surface area contributed by atoms with Gasteiger partial charge in [-0.3, -0.25) is 14.9 Å². The third kappa shape index (κ3) is 4.43. The van der Waals surface area contributed by atoms with Crippen LogP contribution in [0.4, 0.5) is 11.4 Å². The first-order valence-corrected chi connectivity index (χ1v) is 12.9. The smallest absolute Gasteiger partial charge is 0.229 e. The van der Waals surface area contributed by atoms with Crippen LogP contribution in [0, 0.1) is 5.41 Å². The molecule has 0 bridgehead atoms. The Morgan fingerprint density at radius 2 is 1.84 bits per heavy atom. The van der Waals surface area contributed by atoms with E-state index in [1.54, 1.807) is 12.4 Å². The number of hydrogen-bond donors (Lipinski definition) is 3. The molecule has 0 atom stereocenters. The predicted molar refractivity (Wildman–Crippen MR) is 149 cm³/mol. The van der Waals surface area contributed by atoms with E-state index in [4.69, 9.17) is 4.98 Å². The van der Waals surface area contributed by atoms with E-state index in [1.807, 2.05) is 39.0 Å². The number of rotatable bonds is 4. The van der Waals surface area contributed by atoms with E-state index in [0.717, 1.165) is 52.3 Å². The summed E-state index contributed by atoms with van der Waals surface area (Å²) in [5.41, 5.74) is 7.46. The van der Waals surface area contributed by atoms with Crippen LogP contribution in [0.25, 0.3) is 44.6 Å². The first-order valence-electron chi connectivity index (χ1n) is 12.9. The molecule has 6 rings (SSSR count). The Bertz CT molecular complexity index is 1600. The number of aromatic amines is 2. The highest BCUT2D eigenvalue weighted by Crippen LogP contribution is 2.34. The Kier molecular flexibility index (Phi) is 5.67. The minimum absolute atomic E-state index is 0.0604. The topological polar surface area (TPSA) is 103 Å². The zero-order valence-electron chi connectivity index (χ0n) is 21.4. The molecule has 37 heavy (non-hydrogen) atoms. The number of piperidine rings is 1. The molecule has 3 N–H and O–H groups in total. The number of nitrogens with one attached hydrogen (secondary N) is 3. The molecule has 1 amide bonds. The molecule has 8 nitrogen and oxygen atoms in total. The molecule has 5 aromatic rings. The Morgan fingerprint density at radius 1 is 1.00 bits per heavy atom. The van der Waals surface area contributed by atoms with Crippen molar-refractivity contribution in [3.63, 3.8) is 0 Å². The van der Waals surface area contributed by atoms with Gasteiger partial charge in [0.1, 0.15) is 11.2 Å². The highest BCUT2D eigenvalue weighted by Gasteiger charge is 2.22. The Hall–Kier alpha value is -4.20. The van der Waals surface area contributed by atoms with E-state index in [9.17, 15) is 4.79 Å². The van der Waals surface area contributed by atoms with Crippen molar-refractivity contribution in [1.29, 1.82) is 0 Å². The van der Waals surface area contributed by atoms with E-state index >= 15 is 0 Å². The molecule has 0 spiro atoms. The summed E-state index contributed by atoms with van der Waals surface area (Å²) in [6, 6.07) is 14.5. The number of H-pyrrole nitrogens is 2. The number of anilines is 2. The van der Waals surface area contributed by atoms with Crippen LogP contribution in [-0.2, 0) is 4.79 Å². The lowest BCUT2D eigenvalue weighted by atomic mass is 9.95. The fourth-order valence-electron chi connectivity index (χ4n) is 4.89. The second kappa shape index (κ2) is 9.03. The second-order valence-electron chi connectivity index (χ2n) is 10.8. The van der Waals surface area contributed by atoms with Gasteiger partial charge in [-0.15, -0.1) is 0 Å². The van der Waals surface area contributed by atoms with E-state index in [2.05, 4.69) is 54.6 Å². The van der Waals surface area contributed by atoms with Crippen molar-refractivity contribution in [3.8, 4) is 22.6 Å². The van der Waals surface area contributed by atoms with Gasteiger partial charge in [-0.25, -0.2) is 4.98 Å². The summed E-state index contributed by atoms with van der Waals surface area (Å²) in [6.45, 7) is 7.84. The molecule has 1 aliphatic heterocycles. The standard InChI is InChI=1S/C29H31N7O/c1-29(2,3)28(37)31-19-14-18(16-30-17-19)21-10-11-23-26(33-21)27(35-34-23)24-15-20-22(32-24)8-7-9-25(20)36-12-5-4-6-13-36/h7-11,14-17,32H,4-6,12-13H2,1-3H3,(H,31,37)(H,34,35). The van der Waals surface area contributed by atoms with Crippen molar-refractivity contribution >= 4 is 39.2 Å². The molecule has 0 saturated carbocycles. The van der Waals surface area contributed by atoms with Crippen molar-refractivity contribution in [1.82, 2.24) is 25.1 Å². The number of hydrogen-bond acceptors (Lipinski definition) is 5. The highest BCUT2D eigenvalue weighted by atomic mass is 16.2. The van der Waals surface area contributed by atoms with E-state index in [-0.39, 0.29) is 5.91 Å². The largest absolute Gasteiger partial charge is 0.371 e. The Balaban J connectivity index is 1.37. The number of nitrogens with zero attached hydrogens (tertiary/aromatic N) is 4. The van der Waals surface area contributed by atoms with Crippen LogP contribution in [0.3, 0.4) is 0 Å². The lowest BCUT2D eigenvalue weighted by molar-refractivity contribution is -0.123. The van der Waals surface area contributed by atoms with Crippen LogP contribution in [0.2, 0.25) is 0 Å². The number of aromatic nitrogens is 5. The van der Waals surface area contributed by atoms with Crippen molar-refractivity contribution in [2.75, 3.05) is 23.3 Å². The number of carbonyl (C=O) groups excluding carboxylic acids is 1. The fourth-order valence-corrected chi connectivity index (χ4v) is 4.89. The molecule has 5 heterocycles. The molecule has 0 radical (unpaired) electrons. The number of fused-ring (bicyclic) bond motifs is 2. The molecule has 0 unspecified atom stereocenters. The van der Waals surface area contributed by atoms with Gasteiger partial charge in [0.05, 0.1) is 28.8 Å². The zero-order valence-corrected chi connectivity index (χ0v) is 21.4. The Morgan fingerprint density at radius 3 is 2.65 bits per heavy atom. The predicted octanol–water partition coefficient (Wildman–Crippen LogP) is 6.14. The van der Waals surface area contributed by atoms with Crippen molar-refractivity contribution in [3.05, 3.63) is 54.9 Å². The summed E-state index contributed by atoms with van der Waals surface area (Å²) >= 11 is 0. The average Bonchev–Trinajstić information content (AvgIpc) is 3.52. The van der Waals surface area contributed by atoms with Gasteiger partial charge < -0.3 is 15.2 Å². The maximum atomic E-state index is 12.4. The van der Waals surface area contributed by atoms with Gasteiger partial charge in [-0.2, -0.15) is 5.10 Å². The third-order valence-electron chi connectivity index (χ3n) is 6.97. The molecular formula is C29H31N7O. The van der Waals surface area contributed by atoms with Crippen molar-refractivity contribution in [2.24, 2.45) is 5.41 Å². The summed E-state index contributed by atoms with van der Waals surface area (Å²) < 4.78 is 0. The van der Waals surface area contributed by atoms with Crippen LogP contribution in [0.5, 0.6) is 0 Å². The molecule has 188 valence electrons. The van der Waals surface area contributed by atoms with Crippen LogP contribution in [0.1, 0.15) is 40.0 Å². The number of amides is 1. The van der Waals surface area contributed by atoms with Crippen LogP contribution < -0.4 is 10.2 Å².